The van der Waals surface area contributed by atoms with E-state index >= 15 is 0 Å². The number of imidazole rings is 1. The van der Waals surface area contributed by atoms with Crippen molar-refractivity contribution in [2.24, 2.45) is 11.1 Å². The van der Waals surface area contributed by atoms with E-state index in [-0.39, 0.29) is 18.5 Å². The zero-order chi connectivity index (χ0) is 16.2. The van der Waals surface area contributed by atoms with Crippen LogP contribution in [-0.4, -0.2) is 46.6 Å². The Kier molecular flexibility index (Phi) is 3.31. The Hall–Kier alpha value is -1.74. The Morgan fingerprint density at radius 1 is 1.30 bits per heavy atom. The summed E-state index contributed by atoms with van der Waals surface area (Å²) in [7, 11) is -3.76. The molecule has 23 heavy (non-hydrogen) atoms. The molecule has 3 N–H and O–H groups in total. The van der Waals surface area contributed by atoms with Crippen LogP contribution in [0.15, 0.2) is 36.8 Å². The van der Waals surface area contributed by atoms with E-state index < -0.39 is 16.3 Å². The number of hydrogen-bond donors (Lipinski definition) is 2. The van der Waals surface area contributed by atoms with Gasteiger partial charge in [0.1, 0.15) is 0 Å². The van der Waals surface area contributed by atoms with Crippen molar-refractivity contribution in [3.63, 3.8) is 0 Å². The van der Waals surface area contributed by atoms with Crippen molar-refractivity contribution in [2.45, 2.75) is 18.6 Å². The summed E-state index contributed by atoms with van der Waals surface area (Å²) in [6, 6.07) is 8.05. The van der Waals surface area contributed by atoms with E-state index in [4.69, 9.17) is 5.14 Å². The highest BCUT2D eigenvalue weighted by Gasteiger charge is 2.41. The smallest absolute Gasteiger partial charge is 0.276 e. The minimum atomic E-state index is -3.76. The van der Waals surface area contributed by atoms with E-state index in [0.29, 0.717) is 13.0 Å². The molecule has 3 atom stereocenters. The fourth-order valence-electron chi connectivity index (χ4n) is 3.83. The van der Waals surface area contributed by atoms with Crippen LogP contribution in [0.5, 0.6) is 0 Å². The number of rotatable bonds is 2. The van der Waals surface area contributed by atoms with Crippen LogP contribution in [0.2, 0.25) is 0 Å². The molecule has 0 unspecified atom stereocenters. The summed E-state index contributed by atoms with van der Waals surface area (Å²) in [5, 5.41) is 15.7. The first-order valence-electron chi connectivity index (χ1n) is 7.54. The summed E-state index contributed by atoms with van der Waals surface area (Å²) >= 11 is 0. The van der Waals surface area contributed by atoms with Crippen LogP contribution in [0.1, 0.15) is 18.0 Å². The predicted molar refractivity (Wildman–Crippen MR) is 84.6 cm³/mol. The predicted octanol–water partition coefficient (Wildman–Crippen LogP) is 0.339. The van der Waals surface area contributed by atoms with Crippen molar-refractivity contribution in [1.82, 2.24) is 13.9 Å². The highest BCUT2D eigenvalue weighted by Crippen LogP contribution is 2.45. The maximum Gasteiger partial charge on any atom is 0.276 e. The summed E-state index contributed by atoms with van der Waals surface area (Å²) in [5.74, 6) is -0.0791. The van der Waals surface area contributed by atoms with Gasteiger partial charge in [0.15, 0.2) is 0 Å². The average Bonchev–Trinajstić information content (AvgIpc) is 3.07. The van der Waals surface area contributed by atoms with E-state index in [1.807, 2.05) is 18.3 Å². The van der Waals surface area contributed by atoms with Crippen LogP contribution < -0.4 is 5.14 Å². The molecule has 3 heterocycles. The van der Waals surface area contributed by atoms with Crippen LogP contribution in [0.4, 0.5) is 0 Å². The van der Waals surface area contributed by atoms with Gasteiger partial charge in [-0.05, 0) is 12.0 Å². The topological polar surface area (TPSA) is 101 Å². The summed E-state index contributed by atoms with van der Waals surface area (Å²) in [6.45, 7) is 0.357. The van der Waals surface area contributed by atoms with Gasteiger partial charge in [-0.25, -0.2) is 10.1 Å². The molecule has 1 saturated heterocycles. The molecule has 0 saturated carbocycles. The number of nitrogens with two attached hydrogens (primary N) is 1. The second-order valence-corrected chi connectivity index (χ2v) is 7.69. The quantitative estimate of drug-likeness (QED) is 0.827. The monoisotopic (exact) mass is 334 g/mol. The minimum absolute atomic E-state index is 0.0265. The van der Waals surface area contributed by atoms with Crippen LogP contribution in [0, 0.1) is 5.92 Å². The number of β-amino-alcohol motifs (C(OH)–C–C–N with tert-alkyl or cyclic N) is 1. The third kappa shape index (κ3) is 2.29. The van der Waals surface area contributed by atoms with Gasteiger partial charge in [-0.3, -0.25) is 0 Å². The molecule has 4 rings (SSSR count). The highest BCUT2D eigenvalue weighted by atomic mass is 32.2. The van der Waals surface area contributed by atoms with Crippen LogP contribution in [0.25, 0.3) is 11.3 Å². The van der Waals surface area contributed by atoms with Gasteiger partial charge in [-0.2, -0.15) is 12.7 Å². The number of aliphatic hydroxyl groups is 1. The van der Waals surface area contributed by atoms with Gasteiger partial charge in [-0.15, -0.1) is 0 Å². The molecule has 0 bridgehead atoms. The molecule has 1 aromatic heterocycles. The SMILES string of the molecule is NS(=O)(=O)N1CC[C@H]([C@H]2c3ccccc3-c3cncn32)[C@@H](O)C1. The van der Waals surface area contributed by atoms with Crippen molar-refractivity contribution < 1.29 is 13.5 Å². The largest absolute Gasteiger partial charge is 0.391 e. The van der Waals surface area contributed by atoms with E-state index in [9.17, 15) is 13.5 Å². The molecule has 0 amide bonds. The molecule has 2 aromatic rings. The molecule has 1 aromatic carbocycles. The van der Waals surface area contributed by atoms with Crippen molar-refractivity contribution in [2.75, 3.05) is 13.1 Å². The second-order valence-electron chi connectivity index (χ2n) is 6.14. The second kappa shape index (κ2) is 5.13. The van der Waals surface area contributed by atoms with Gasteiger partial charge in [0.05, 0.1) is 30.4 Å². The lowest BCUT2D eigenvalue weighted by atomic mass is 9.84. The summed E-state index contributed by atoms with van der Waals surface area (Å²) < 4.78 is 26.2. The number of hydrogen-bond acceptors (Lipinski definition) is 4. The van der Waals surface area contributed by atoms with Gasteiger partial charge < -0.3 is 9.67 Å². The molecule has 0 radical (unpaired) electrons. The molecule has 7 nitrogen and oxygen atoms in total. The molecule has 0 spiro atoms. The summed E-state index contributed by atoms with van der Waals surface area (Å²) in [6.07, 6.45) is 3.38. The minimum Gasteiger partial charge on any atom is -0.391 e. The van der Waals surface area contributed by atoms with Gasteiger partial charge in [0, 0.05) is 24.6 Å². The Morgan fingerprint density at radius 3 is 2.83 bits per heavy atom. The molecule has 0 aliphatic carbocycles. The third-order valence-corrected chi connectivity index (χ3v) is 5.93. The van der Waals surface area contributed by atoms with Gasteiger partial charge >= 0.3 is 0 Å². The van der Waals surface area contributed by atoms with Gasteiger partial charge in [0.25, 0.3) is 10.2 Å². The normalized spacial score (nSPS) is 27.7. The summed E-state index contributed by atoms with van der Waals surface area (Å²) in [4.78, 5) is 4.22. The first kappa shape index (κ1) is 14.8. The maximum absolute atomic E-state index is 11.5. The van der Waals surface area contributed by atoms with Crippen molar-refractivity contribution in [1.29, 1.82) is 0 Å². The molecule has 2 aliphatic rings. The zero-order valence-corrected chi connectivity index (χ0v) is 13.2. The number of piperidine rings is 1. The molecule has 122 valence electrons. The van der Waals surface area contributed by atoms with E-state index in [1.54, 1.807) is 6.33 Å². The molecule has 8 heteroatoms. The fourth-order valence-corrected chi connectivity index (χ4v) is 4.55. The van der Waals surface area contributed by atoms with Crippen molar-refractivity contribution in [3.05, 3.63) is 42.4 Å². The number of fused-ring (bicyclic) bond motifs is 3. The molecule has 2 aliphatic heterocycles. The lowest BCUT2D eigenvalue weighted by molar-refractivity contribution is 0.0343. The van der Waals surface area contributed by atoms with E-state index in [0.717, 1.165) is 21.1 Å². The Labute approximate surface area is 134 Å². The Balaban J connectivity index is 1.70. The number of aliphatic hydroxyl groups excluding tert-OH is 1. The van der Waals surface area contributed by atoms with Gasteiger partial charge in [-0.1, -0.05) is 24.3 Å². The first-order valence-corrected chi connectivity index (χ1v) is 9.04. The van der Waals surface area contributed by atoms with E-state index in [1.165, 1.54) is 0 Å². The standard InChI is InChI=1S/C15H18N4O3S/c16-23(21,22)18-6-5-12(14(20)8-18)15-11-4-2-1-3-10(11)13-7-17-9-19(13)15/h1-4,7,9,12,14-15,20H,5-6,8H2,(H2,16,21,22)/t12-,14-,15+/m0/s1. The number of benzene rings is 1. The number of aromatic nitrogens is 2. The van der Waals surface area contributed by atoms with Gasteiger partial charge in [0.2, 0.25) is 0 Å². The third-order valence-electron chi connectivity index (χ3n) is 4.88. The highest BCUT2D eigenvalue weighted by molar-refractivity contribution is 7.86. The molecule has 1 fully saturated rings. The lowest BCUT2D eigenvalue weighted by Gasteiger charge is -2.37. The van der Waals surface area contributed by atoms with Crippen LogP contribution in [-0.2, 0) is 10.2 Å². The Bertz CT molecular complexity index is 848. The maximum atomic E-state index is 11.5. The number of nitrogens with zero attached hydrogens (tertiary/aromatic N) is 3. The molecular formula is C15H18N4O3S. The first-order chi connectivity index (χ1) is 11.0. The van der Waals surface area contributed by atoms with Crippen LogP contribution >= 0.6 is 0 Å². The van der Waals surface area contributed by atoms with E-state index in [2.05, 4.69) is 21.7 Å². The fraction of sp³-hybridized carbons (Fsp3) is 0.400. The molecular weight excluding hydrogens is 316 g/mol. The van der Waals surface area contributed by atoms with Crippen molar-refractivity contribution in [3.8, 4) is 11.3 Å². The average molecular weight is 334 g/mol. The Morgan fingerprint density at radius 2 is 2.09 bits per heavy atom. The summed E-state index contributed by atoms with van der Waals surface area (Å²) in [5.41, 5.74) is 3.31. The zero-order valence-electron chi connectivity index (χ0n) is 12.4. The van der Waals surface area contributed by atoms with Crippen molar-refractivity contribution >= 4 is 10.2 Å². The lowest BCUT2D eigenvalue weighted by Crippen LogP contribution is -2.50. The van der Waals surface area contributed by atoms with Crippen LogP contribution in [0.3, 0.4) is 0 Å².